The fourth-order valence-electron chi connectivity index (χ4n) is 3.73. The fourth-order valence-corrected chi connectivity index (χ4v) is 5.07. The van der Waals surface area contributed by atoms with Crippen LogP contribution in [-0.2, 0) is 35.6 Å². The highest BCUT2D eigenvalue weighted by molar-refractivity contribution is 7.89. The van der Waals surface area contributed by atoms with E-state index in [2.05, 4.69) is 9.71 Å². The van der Waals surface area contributed by atoms with Crippen LogP contribution in [0.15, 0.2) is 65.8 Å². The minimum absolute atomic E-state index is 0.108. The third kappa shape index (κ3) is 7.73. The highest BCUT2D eigenvalue weighted by Crippen LogP contribution is 2.25. The van der Waals surface area contributed by atoms with Crippen molar-refractivity contribution >= 4 is 32.7 Å². The van der Waals surface area contributed by atoms with E-state index < -0.39 is 40.0 Å². The van der Waals surface area contributed by atoms with Gasteiger partial charge in [0.15, 0.2) is 0 Å². The number of benzene rings is 2. The van der Waals surface area contributed by atoms with Crippen LogP contribution < -0.4 is 9.46 Å². The number of esters is 1. The summed E-state index contributed by atoms with van der Waals surface area (Å²) in [5.74, 6) is -1.39. The van der Waals surface area contributed by atoms with Crippen LogP contribution in [0, 0.1) is 0 Å². The number of hydroxylamine groups is 2. The zero-order chi connectivity index (χ0) is 27.9. The zero-order valence-electron chi connectivity index (χ0n) is 22.1. The van der Waals surface area contributed by atoms with Crippen molar-refractivity contribution in [3.8, 4) is 5.75 Å². The molecule has 38 heavy (non-hydrogen) atoms. The van der Waals surface area contributed by atoms with Crippen molar-refractivity contribution in [1.82, 2.24) is 14.8 Å². The highest BCUT2D eigenvalue weighted by Gasteiger charge is 2.33. The molecule has 0 aliphatic heterocycles. The van der Waals surface area contributed by atoms with E-state index in [0.717, 1.165) is 21.4 Å². The maximum atomic E-state index is 13.4. The first-order valence-electron chi connectivity index (χ1n) is 12.0. The van der Waals surface area contributed by atoms with Crippen LogP contribution in [0.5, 0.6) is 5.75 Å². The molecule has 3 aromatic rings. The molecule has 10 nitrogen and oxygen atoms in total. The van der Waals surface area contributed by atoms with Gasteiger partial charge in [0.1, 0.15) is 22.3 Å². The van der Waals surface area contributed by atoms with Crippen molar-refractivity contribution < 1.29 is 32.3 Å². The first-order valence-corrected chi connectivity index (χ1v) is 13.5. The van der Waals surface area contributed by atoms with Crippen LogP contribution in [0.4, 0.5) is 0 Å². The summed E-state index contributed by atoms with van der Waals surface area (Å²) in [6, 6.07) is 12.5. The average Bonchev–Trinajstić information content (AvgIpc) is 2.86. The Morgan fingerprint density at radius 2 is 1.74 bits per heavy atom. The molecule has 1 heterocycles. The molecule has 2 aromatic carbocycles. The van der Waals surface area contributed by atoms with E-state index in [0.29, 0.717) is 6.42 Å². The molecule has 3 rings (SSSR count). The summed E-state index contributed by atoms with van der Waals surface area (Å²) in [5.41, 5.74) is 0.156. The van der Waals surface area contributed by atoms with Crippen LogP contribution >= 0.6 is 0 Å². The summed E-state index contributed by atoms with van der Waals surface area (Å²) in [7, 11) is -1.72. The Balaban J connectivity index is 1.79. The van der Waals surface area contributed by atoms with Crippen LogP contribution in [0.3, 0.4) is 0 Å². The molecule has 1 N–H and O–H groups in total. The number of para-hydroxylation sites is 1. The first-order chi connectivity index (χ1) is 17.9. The number of nitrogens with zero attached hydrogens (tertiary/aromatic N) is 2. The molecule has 0 fully saturated rings. The summed E-state index contributed by atoms with van der Waals surface area (Å²) in [5, 5.41) is 2.89. The largest absolute Gasteiger partial charge is 0.492 e. The Bertz CT molecular complexity index is 1380. The SMILES string of the molecule is CON(C)C(=O)[C@H](CC(=O)OC(C)(C)C)NS(=O)(=O)c1ccccc1OCCc1cncc2ccccc12. The number of hydrogen-bond donors (Lipinski definition) is 1. The van der Waals surface area contributed by atoms with E-state index in [9.17, 15) is 18.0 Å². The molecule has 0 unspecified atom stereocenters. The summed E-state index contributed by atoms with van der Waals surface area (Å²) in [6.45, 7) is 5.22. The summed E-state index contributed by atoms with van der Waals surface area (Å²) >= 11 is 0. The third-order valence-corrected chi connectivity index (χ3v) is 7.00. The smallest absolute Gasteiger partial charge is 0.308 e. The molecule has 0 saturated heterocycles. The van der Waals surface area contributed by atoms with Crippen molar-refractivity contribution in [2.75, 3.05) is 20.8 Å². The molecule has 0 radical (unpaired) electrons. The van der Waals surface area contributed by atoms with Gasteiger partial charge in [0.25, 0.3) is 5.91 Å². The number of carbonyl (C=O) groups excluding carboxylic acids is 2. The van der Waals surface area contributed by atoms with E-state index in [1.165, 1.54) is 26.3 Å². The lowest BCUT2D eigenvalue weighted by atomic mass is 10.1. The number of hydrogen-bond acceptors (Lipinski definition) is 8. The second-order valence-corrected chi connectivity index (χ2v) is 11.2. The molecule has 11 heteroatoms. The lowest BCUT2D eigenvalue weighted by molar-refractivity contribution is -0.173. The van der Waals surface area contributed by atoms with Crippen LogP contribution in [0.1, 0.15) is 32.8 Å². The summed E-state index contributed by atoms with van der Waals surface area (Å²) in [6.07, 6.45) is 3.51. The Labute approximate surface area is 222 Å². The first kappa shape index (κ1) is 29.0. The molecule has 1 aromatic heterocycles. The molecular formula is C27H33N3O7S. The lowest BCUT2D eigenvalue weighted by Crippen LogP contribution is -2.48. The van der Waals surface area contributed by atoms with Gasteiger partial charge in [-0.1, -0.05) is 36.4 Å². The van der Waals surface area contributed by atoms with E-state index in [-0.39, 0.29) is 17.3 Å². The molecule has 204 valence electrons. The summed E-state index contributed by atoms with van der Waals surface area (Å²) in [4.78, 5) is 34.3. The lowest BCUT2D eigenvalue weighted by Gasteiger charge is -2.25. The van der Waals surface area contributed by atoms with E-state index in [1.807, 2.05) is 24.3 Å². The molecular weight excluding hydrogens is 510 g/mol. The number of ether oxygens (including phenoxy) is 2. The maximum absolute atomic E-state index is 13.4. The van der Waals surface area contributed by atoms with E-state index >= 15 is 0 Å². The van der Waals surface area contributed by atoms with E-state index in [4.69, 9.17) is 14.3 Å². The summed E-state index contributed by atoms with van der Waals surface area (Å²) < 4.78 is 40.3. The number of rotatable bonds is 11. The van der Waals surface area contributed by atoms with Gasteiger partial charge in [0.2, 0.25) is 10.0 Å². The van der Waals surface area contributed by atoms with Gasteiger partial charge >= 0.3 is 5.97 Å². The van der Waals surface area contributed by atoms with Gasteiger partial charge in [0.05, 0.1) is 20.1 Å². The highest BCUT2D eigenvalue weighted by atomic mass is 32.2. The molecule has 0 bridgehead atoms. The van der Waals surface area contributed by atoms with Crippen molar-refractivity contribution in [1.29, 1.82) is 0 Å². The number of carbonyl (C=O) groups is 2. The van der Waals surface area contributed by atoms with Crippen LogP contribution in [0.2, 0.25) is 0 Å². The molecule has 0 aliphatic rings. The van der Waals surface area contributed by atoms with Crippen LogP contribution in [-0.4, -0.2) is 62.7 Å². The second-order valence-electron chi connectivity index (χ2n) is 9.55. The van der Waals surface area contributed by atoms with Gasteiger partial charge in [-0.25, -0.2) is 13.5 Å². The second kappa shape index (κ2) is 12.3. The molecule has 0 saturated carbocycles. The van der Waals surface area contributed by atoms with Crippen molar-refractivity contribution in [2.45, 2.75) is 50.2 Å². The number of pyridine rings is 1. The fraction of sp³-hybridized carbons (Fsp3) is 0.370. The monoisotopic (exact) mass is 543 g/mol. The number of sulfonamides is 1. The van der Waals surface area contributed by atoms with Crippen molar-refractivity contribution in [2.24, 2.45) is 0 Å². The quantitative estimate of drug-likeness (QED) is 0.289. The molecule has 0 aliphatic carbocycles. The Morgan fingerprint density at radius 1 is 1.05 bits per heavy atom. The van der Waals surface area contributed by atoms with E-state index in [1.54, 1.807) is 45.3 Å². The number of nitrogens with one attached hydrogen (secondary N) is 1. The van der Waals surface area contributed by atoms with Gasteiger partial charge in [0, 0.05) is 31.2 Å². The maximum Gasteiger partial charge on any atom is 0.308 e. The molecule has 1 amide bonds. The Kier molecular flexibility index (Phi) is 9.42. The van der Waals surface area contributed by atoms with Gasteiger partial charge in [-0.15, -0.1) is 0 Å². The van der Waals surface area contributed by atoms with Crippen molar-refractivity contribution in [3.05, 3.63) is 66.5 Å². The normalized spacial score (nSPS) is 12.7. The van der Waals surface area contributed by atoms with Crippen molar-refractivity contribution in [3.63, 3.8) is 0 Å². The Morgan fingerprint density at radius 3 is 2.45 bits per heavy atom. The third-order valence-electron chi connectivity index (χ3n) is 5.49. The average molecular weight is 544 g/mol. The number of likely N-dealkylation sites (N-methyl/N-ethyl adjacent to an activating group) is 1. The topological polar surface area (TPSA) is 124 Å². The van der Waals surface area contributed by atoms with Crippen LogP contribution in [0.25, 0.3) is 10.8 Å². The zero-order valence-corrected chi connectivity index (χ0v) is 22.9. The number of amides is 1. The minimum Gasteiger partial charge on any atom is -0.492 e. The predicted octanol–water partition coefficient (Wildman–Crippen LogP) is 3.25. The minimum atomic E-state index is -4.29. The standard InChI is InChI=1S/C27H33N3O7S/c1-27(2,3)37-25(31)16-22(26(32)30(4)35-5)29-38(33,34)24-13-9-8-12-23(24)36-15-14-20-18-28-17-19-10-6-7-11-21(19)20/h6-13,17-18,22,29H,14-16H2,1-5H3/t22-/m0/s1. The number of fused-ring (bicyclic) bond motifs is 1. The molecule has 1 atom stereocenters. The van der Waals surface area contributed by atoms with Gasteiger partial charge in [-0.05, 0) is 43.9 Å². The van der Waals surface area contributed by atoms with Gasteiger partial charge < -0.3 is 9.47 Å². The van der Waals surface area contributed by atoms with Gasteiger partial charge in [-0.2, -0.15) is 4.72 Å². The van der Waals surface area contributed by atoms with Gasteiger partial charge in [-0.3, -0.25) is 19.4 Å². The Hall–Kier alpha value is -3.54. The predicted molar refractivity (Wildman–Crippen MR) is 142 cm³/mol. The number of aromatic nitrogens is 1. The molecule has 0 spiro atoms.